The first-order chi connectivity index (χ1) is 14.2. The van der Waals surface area contributed by atoms with Crippen molar-refractivity contribution in [2.75, 3.05) is 13.2 Å². The second-order valence-electron chi connectivity index (χ2n) is 8.22. The highest BCUT2D eigenvalue weighted by molar-refractivity contribution is 6.60. The number of allylic oxidation sites excluding steroid dienone is 8. The Kier molecular flexibility index (Phi) is 11.9. The van der Waals surface area contributed by atoms with Crippen molar-refractivity contribution in [3.05, 3.63) is 48.6 Å². The van der Waals surface area contributed by atoms with Gasteiger partial charge in [0.2, 0.25) is 0 Å². The van der Waals surface area contributed by atoms with E-state index < -0.39 is 8.80 Å². The van der Waals surface area contributed by atoms with Crippen molar-refractivity contribution in [1.29, 1.82) is 0 Å². The summed E-state index contributed by atoms with van der Waals surface area (Å²) in [5, 5.41) is 0. The van der Waals surface area contributed by atoms with Crippen LogP contribution in [0.4, 0.5) is 0 Å². The molecule has 0 saturated carbocycles. The minimum atomic E-state index is -2.65. The Balaban J connectivity index is 1.92. The van der Waals surface area contributed by atoms with Gasteiger partial charge < -0.3 is 13.3 Å². The molecule has 0 aromatic heterocycles. The van der Waals surface area contributed by atoms with Crippen LogP contribution in [-0.2, 0) is 13.3 Å². The van der Waals surface area contributed by atoms with Gasteiger partial charge in [0.15, 0.2) is 0 Å². The highest BCUT2D eigenvalue weighted by Gasteiger charge is 2.42. The summed E-state index contributed by atoms with van der Waals surface area (Å²) in [5.41, 5.74) is 0. The zero-order chi connectivity index (χ0) is 20.8. The summed E-state index contributed by atoms with van der Waals surface area (Å²) in [6.45, 7) is 8.01. The Hall–Kier alpha value is -0.943. The molecule has 4 heteroatoms. The smallest absolute Gasteiger partial charge is 0.373 e. The molecule has 0 spiro atoms. The molecule has 29 heavy (non-hydrogen) atoms. The summed E-state index contributed by atoms with van der Waals surface area (Å²) >= 11 is 0. The van der Waals surface area contributed by atoms with Gasteiger partial charge in [-0.15, -0.1) is 0 Å². The highest BCUT2D eigenvalue weighted by atomic mass is 28.4. The molecule has 0 radical (unpaired) electrons. The van der Waals surface area contributed by atoms with E-state index >= 15 is 0 Å². The van der Waals surface area contributed by atoms with Crippen LogP contribution < -0.4 is 0 Å². The van der Waals surface area contributed by atoms with Crippen LogP contribution in [0, 0.1) is 11.8 Å². The Morgan fingerprint density at radius 3 is 1.76 bits per heavy atom. The molecule has 0 aliphatic heterocycles. The molecule has 0 heterocycles. The molecular weight excluding hydrogens is 376 g/mol. The molecule has 0 fully saturated rings. The highest BCUT2D eigenvalue weighted by Crippen LogP contribution is 2.28. The molecule has 1 atom stereocenters. The molecule has 1 unspecified atom stereocenters. The van der Waals surface area contributed by atoms with Crippen LogP contribution in [0.25, 0.3) is 0 Å². The molecule has 0 aromatic rings. The molecule has 164 valence electrons. The van der Waals surface area contributed by atoms with Crippen LogP contribution in [-0.4, -0.2) is 28.1 Å². The lowest BCUT2D eigenvalue weighted by Crippen LogP contribution is -2.49. The number of hydrogen-bond donors (Lipinski definition) is 0. The van der Waals surface area contributed by atoms with Crippen molar-refractivity contribution in [3.63, 3.8) is 0 Å². The van der Waals surface area contributed by atoms with Crippen molar-refractivity contribution < 1.29 is 13.3 Å². The van der Waals surface area contributed by atoms with E-state index in [1.165, 1.54) is 12.8 Å². The maximum Gasteiger partial charge on any atom is 0.501 e. The number of hydrogen-bond acceptors (Lipinski definition) is 3. The normalized spacial score (nSPS) is 17.8. The van der Waals surface area contributed by atoms with Crippen molar-refractivity contribution >= 4 is 8.80 Å². The molecular formula is C25H42O3Si. The van der Waals surface area contributed by atoms with Gasteiger partial charge in [-0.2, -0.15) is 0 Å². The molecule has 0 bridgehead atoms. The van der Waals surface area contributed by atoms with Gasteiger partial charge in [-0.25, -0.2) is 0 Å². The third-order valence-corrected chi connectivity index (χ3v) is 8.54. The summed E-state index contributed by atoms with van der Waals surface area (Å²) in [4.78, 5) is 0. The predicted octanol–water partition coefficient (Wildman–Crippen LogP) is 7.01. The fourth-order valence-electron chi connectivity index (χ4n) is 3.90. The maximum atomic E-state index is 6.74. The zero-order valence-corrected chi connectivity index (χ0v) is 19.9. The second kappa shape index (κ2) is 14.1. The number of rotatable bonds is 17. The first-order valence-corrected chi connectivity index (χ1v) is 13.8. The fourth-order valence-corrected chi connectivity index (χ4v) is 6.99. The molecule has 0 amide bonds. The monoisotopic (exact) mass is 418 g/mol. The lowest BCUT2D eigenvalue weighted by atomic mass is 10.0. The van der Waals surface area contributed by atoms with Gasteiger partial charge in [-0.05, 0) is 56.8 Å². The van der Waals surface area contributed by atoms with Gasteiger partial charge in [0, 0.05) is 25.4 Å². The Labute approximate surface area is 180 Å². The summed E-state index contributed by atoms with van der Waals surface area (Å²) in [6.07, 6.45) is 26.7. The average molecular weight is 419 g/mol. The molecule has 0 aromatic carbocycles. The van der Waals surface area contributed by atoms with Gasteiger partial charge in [0.25, 0.3) is 0 Å². The standard InChI is InChI=1S/C25H42O3Si/c1-4-20-26-29(27-21-5-2,22-12-18-24-15-9-10-16-24)28-25(6-3)19-11-17-23-13-7-8-14-23/h7-10,13-16,23-25H,4-6,11-12,17-22H2,1-3H3. The van der Waals surface area contributed by atoms with Gasteiger partial charge in [0.1, 0.15) is 0 Å². The van der Waals surface area contributed by atoms with E-state index in [2.05, 4.69) is 69.4 Å². The van der Waals surface area contributed by atoms with E-state index in [4.69, 9.17) is 13.3 Å². The molecule has 2 aliphatic rings. The van der Waals surface area contributed by atoms with Gasteiger partial charge in [0.05, 0.1) is 0 Å². The van der Waals surface area contributed by atoms with E-state index in [-0.39, 0.29) is 6.10 Å². The van der Waals surface area contributed by atoms with Crippen LogP contribution in [0.15, 0.2) is 48.6 Å². The summed E-state index contributed by atoms with van der Waals surface area (Å²) in [7, 11) is -2.65. The van der Waals surface area contributed by atoms with Crippen LogP contribution >= 0.6 is 0 Å². The van der Waals surface area contributed by atoms with Crippen molar-refractivity contribution in [1.82, 2.24) is 0 Å². The van der Waals surface area contributed by atoms with Gasteiger partial charge in [-0.3, -0.25) is 0 Å². The van der Waals surface area contributed by atoms with E-state index in [1.807, 2.05) is 0 Å². The first kappa shape index (κ1) is 24.3. The van der Waals surface area contributed by atoms with E-state index in [9.17, 15) is 0 Å². The first-order valence-electron chi connectivity index (χ1n) is 11.9. The molecule has 2 aliphatic carbocycles. The van der Waals surface area contributed by atoms with Crippen LogP contribution in [0.2, 0.25) is 6.04 Å². The molecule has 2 rings (SSSR count). The summed E-state index contributed by atoms with van der Waals surface area (Å²) < 4.78 is 19.5. The lowest BCUT2D eigenvalue weighted by molar-refractivity contribution is 0.0207. The minimum Gasteiger partial charge on any atom is -0.373 e. The predicted molar refractivity (Wildman–Crippen MR) is 125 cm³/mol. The zero-order valence-electron chi connectivity index (χ0n) is 18.9. The SMILES string of the molecule is CCCO[Si](CCCC1C=CC=C1)(OCCC)OC(CC)CCCC1C=CC=C1. The van der Waals surface area contributed by atoms with Crippen molar-refractivity contribution in [3.8, 4) is 0 Å². The lowest BCUT2D eigenvalue weighted by Gasteiger charge is -2.33. The Morgan fingerprint density at radius 2 is 1.28 bits per heavy atom. The Bertz CT molecular complexity index is 520. The Morgan fingerprint density at radius 1 is 0.759 bits per heavy atom. The topological polar surface area (TPSA) is 27.7 Å². The van der Waals surface area contributed by atoms with E-state index in [0.717, 1.165) is 57.8 Å². The van der Waals surface area contributed by atoms with Crippen LogP contribution in [0.5, 0.6) is 0 Å². The van der Waals surface area contributed by atoms with Gasteiger partial charge >= 0.3 is 8.80 Å². The fraction of sp³-hybridized carbons (Fsp3) is 0.680. The minimum absolute atomic E-state index is 0.232. The van der Waals surface area contributed by atoms with E-state index in [1.54, 1.807) is 0 Å². The molecule has 0 saturated heterocycles. The largest absolute Gasteiger partial charge is 0.501 e. The van der Waals surface area contributed by atoms with Crippen molar-refractivity contribution in [2.45, 2.75) is 84.3 Å². The van der Waals surface area contributed by atoms with Gasteiger partial charge in [-0.1, -0.05) is 75.8 Å². The van der Waals surface area contributed by atoms with Crippen molar-refractivity contribution in [2.24, 2.45) is 11.8 Å². The molecule has 3 nitrogen and oxygen atoms in total. The average Bonchev–Trinajstić information content (AvgIpc) is 3.44. The second-order valence-corrected chi connectivity index (χ2v) is 10.9. The maximum absolute atomic E-state index is 6.74. The molecule has 0 N–H and O–H groups in total. The summed E-state index contributed by atoms with van der Waals surface area (Å²) in [5.74, 6) is 1.17. The quantitative estimate of drug-likeness (QED) is 0.238. The van der Waals surface area contributed by atoms with Crippen LogP contribution in [0.3, 0.4) is 0 Å². The van der Waals surface area contributed by atoms with Crippen LogP contribution in [0.1, 0.15) is 72.1 Å². The van der Waals surface area contributed by atoms with E-state index in [0.29, 0.717) is 11.8 Å². The third-order valence-electron chi connectivity index (χ3n) is 5.59. The summed E-state index contributed by atoms with van der Waals surface area (Å²) in [6, 6.07) is 0.926. The third kappa shape index (κ3) is 9.16.